The minimum absolute atomic E-state index is 0.0418. The van der Waals surface area contributed by atoms with Crippen molar-refractivity contribution in [1.29, 1.82) is 5.26 Å². The second-order valence-corrected chi connectivity index (χ2v) is 8.74. The van der Waals surface area contributed by atoms with Gasteiger partial charge in [-0.3, -0.25) is 9.59 Å². The summed E-state index contributed by atoms with van der Waals surface area (Å²) in [6.45, 7) is 5.46. The predicted molar refractivity (Wildman–Crippen MR) is 122 cm³/mol. The molecule has 2 heterocycles. The summed E-state index contributed by atoms with van der Waals surface area (Å²) < 4.78 is 0. The van der Waals surface area contributed by atoms with Gasteiger partial charge in [-0.1, -0.05) is 18.2 Å². The van der Waals surface area contributed by atoms with Crippen LogP contribution in [0.3, 0.4) is 0 Å². The van der Waals surface area contributed by atoms with Crippen LogP contribution in [0.1, 0.15) is 57.9 Å². The van der Waals surface area contributed by atoms with Gasteiger partial charge in [0.1, 0.15) is 6.04 Å². The van der Waals surface area contributed by atoms with Gasteiger partial charge < -0.3 is 10.2 Å². The highest BCUT2D eigenvalue weighted by molar-refractivity contribution is 5.94. The molecule has 7 heteroatoms. The molecule has 7 nitrogen and oxygen atoms in total. The Morgan fingerprint density at radius 3 is 2.41 bits per heavy atom. The fourth-order valence-corrected chi connectivity index (χ4v) is 4.35. The lowest BCUT2D eigenvalue weighted by molar-refractivity contribution is -0.134. The SMILES string of the molecule is Cc1ccc(C2CC(C(=O)N3CCC(NC(=O)c4ccc(C#N)cc4)CC3)NN2)cc1C. The Balaban J connectivity index is 1.26. The van der Waals surface area contributed by atoms with E-state index < -0.39 is 0 Å². The van der Waals surface area contributed by atoms with E-state index in [4.69, 9.17) is 5.26 Å². The largest absolute Gasteiger partial charge is 0.349 e. The van der Waals surface area contributed by atoms with Crippen molar-refractivity contribution in [2.75, 3.05) is 13.1 Å². The summed E-state index contributed by atoms with van der Waals surface area (Å²) in [5.74, 6) is -0.0298. The van der Waals surface area contributed by atoms with Gasteiger partial charge in [-0.2, -0.15) is 5.26 Å². The minimum Gasteiger partial charge on any atom is -0.349 e. The molecule has 0 spiro atoms. The van der Waals surface area contributed by atoms with Gasteiger partial charge >= 0.3 is 0 Å². The zero-order valence-electron chi connectivity index (χ0n) is 18.5. The van der Waals surface area contributed by atoms with Gasteiger partial charge in [0.05, 0.1) is 11.6 Å². The topological polar surface area (TPSA) is 97.3 Å². The van der Waals surface area contributed by atoms with Gasteiger partial charge in [0, 0.05) is 30.7 Å². The number of nitriles is 1. The average Bonchev–Trinajstić information content (AvgIpc) is 3.31. The van der Waals surface area contributed by atoms with E-state index in [1.54, 1.807) is 24.3 Å². The summed E-state index contributed by atoms with van der Waals surface area (Å²) in [6.07, 6.45) is 2.18. The van der Waals surface area contributed by atoms with Crippen LogP contribution in [-0.4, -0.2) is 41.9 Å². The summed E-state index contributed by atoms with van der Waals surface area (Å²) in [4.78, 5) is 27.4. The predicted octanol–water partition coefficient (Wildman–Crippen LogP) is 2.50. The maximum Gasteiger partial charge on any atom is 0.251 e. The molecule has 0 bridgehead atoms. The molecule has 0 saturated carbocycles. The lowest BCUT2D eigenvalue weighted by Crippen LogP contribution is -2.51. The number of hydrogen-bond acceptors (Lipinski definition) is 5. The molecule has 0 aliphatic carbocycles. The number of nitrogens with zero attached hydrogens (tertiary/aromatic N) is 2. The van der Waals surface area contributed by atoms with E-state index in [-0.39, 0.29) is 29.9 Å². The number of likely N-dealkylation sites (tertiary alicyclic amines) is 1. The molecule has 2 aromatic rings. The number of carbonyl (C=O) groups is 2. The molecule has 32 heavy (non-hydrogen) atoms. The van der Waals surface area contributed by atoms with Crippen LogP contribution in [0.15, 0.2) is 42.5 Å². The monoisotopic (exact) mass is 431 g/mol. The Morgan fingerprint density at radius 1 is 1.03 bits per heavy atom. The molecule has 0 radical (unpaired) electrons. The molecule has 2 amide bonds. The molecule has 166 valence electrons. The Morgan fingerprint density at radius 2 is 1.75 bits per heavy atom. The summed E-state index contributed by atoms with van der Waals surface area (Å²) in [5.41, 5.74) is 11.2. The third-order valence-electron chi connectivity index (χ3n) is 6.55. The molecule has 2 unspecified atom stereocenters. The van der Waals surface area contributed by atoms with Crippen LogP contribution >= 0.6 is 0 Å². The quantitative estimate of drug-likeness (QED) is 0.691. The van der Waals surface area contributed by atoms with E-state index in [2.05, 4.69) is 54.3 Å². The molecule has 0 aromatic heterocycles. The smallest absolute Gasteiger partial charge is 0.251 e. The number of nitrogens with one attached hydrogen (secondary N) is 3. The van der Waals surface area contributed by atoms with Gasteiger partial charge in [-0.15, -0.1) is 0 Å². The van der Waals surface area contributed by atoms with Crippen LogP contribution < -0.4 is 16.2 Å². The lowest BCUT2D eigenvalue weighted by Gasteiger charge is -2.33. The van der Waals surface area contributed by atoms with E-state index in [1.807, 2.05) is 4.90 Å². The number of hydrogen-bond donors (Lipinski definition) is 3. The lowest BCUT2D eigenvalue weighted by atomic mass is 9.97. The van der Waals surface area contributed by atoms with Crippen molar-refractivity contribution in [3.05, 3.63) is 70.3 Å². The molecular weight excluding hydrogens is 402 g/mol. The van der Waals surface area contributed by atoms with Gasteiger partial charge in [-0.05, 0) is 74.1 Å². The van der Waals surface area contributed by atoms with Crippen molar-refractivity contribution >= 4 is 11.8 Å². The Kier molecular flexibility index (Phi) is 6.54. The number of rotatable bonds is 4. The van der Waals surface area contributed by atoms with Crippen LogP contribution in [-0.2, 0) is 4.79 Å². The summed E-state index contributed by atoms with van der Waals surface area (Å²) >= 11 is 0. The summed E-state index contributed by atoms with van der Waals surface area (Å²) in [6, 6.07) is 15.0. The van der Waals surface area contributed by atoms with Crippen molar-refractivity contribution in [1.82, 2.24) is 21.1 Å². The van der Waals surface area contributed by atoms with Gasteiger partial charge in [0.25, 0.3) is 5.91 Å². The number of piperidine rings is 1. The summed E-state index contributed by atoms with van der Waals surface area (Å²) in [5, 5.41) is 11.9. The van der Waals surface area contributed by atoms with Crippen LogP contribution in [0, 0.1) is 25.2 Å². The van der Waals surface area contributed by atoms with Crippen molar-refractivity contribution in [2.24, 2.45) is 0 Å². The average molecular weight is 432 g/mol. The molecular formula is C25H29N5O2. The van der Waals surface area contributed by atoms with Crippen LogP contribution in [0.4, 0.5) is 0 Å². The van der Waals surface area contributed by atoms with E-state index in [9.17, 15) is 9.59 Å². The van der Waals surface area contributed by atoms with E-state index in [1.165, 1.54) is 16.7 Å². The highest BCUT2D eigenvalue weighted by Gasteiger charge is 2.34. The fraction of sp³-hybridized carbons (Fsp3) is 0.400. The highest BCUT2D eigenvalue weighted by Crippen LogP contribution is 2.25. The Labute approximate surface area is 188 Å². The zero-order valence-corrected chi connectivity index (χ0v) is 18.5. The number of amides is 2. The van der Waals surface area contributed by atoms with E-state index in [0.717, 1.165) is 19.3 Å². The van der Waals surface area contributed by atoms with Crippen LogP contribution in [0.5, 0.6) is 0 Å². The third-order valence-corrected chi connectivity index (χ3v) is 6.55. The van der Waals surface area contributed by atoms with Crippen molar-refractivity contribution in [3.8, 4) is 6.07 Å². The number of hydrazine groups is 1. The molecule has 2 aliphatic heterocycles. The second kappa shape index (κ2) is 9.51. The van der Waals surface area contributed by atoms with Crippen molar-refractivity contribution < 1.29 is 9.59 Å². The number of carbonyl (C=O) groups excluding carboxylic acids is 2. The van der Waals surface area contributed by atoms with Gasteiger partial charge in [-0.25, -0.2) is 10.9 Å². The second-order valence-electron chi connectivity index (χ2n) is 8.74. The highest BCUT2D eigenvalue weighted by atomic mass is 16.2. The van der Waals surface area contributed by atoms with Crippen LogP contribution in [0.2, 0.25) is 0 Å². The standard InChI is InChI=1S/C25H29N5O2/c1-16-3-6-20(13-17(16)2)22-14-23(29-28-22)25(32)30-11-9-21(10-12-30)27-24(31)19-7-4-18(15-26)5-8-19/h3-8,13,21-23,28-29H,9-12,14H2,1-2H3,(H,27,31). The maximum atomic E-state index is 13.0. The van der Waals surface area contributed by atoms with Gasteiger partial charge in [0.15, 0.2) is 0 Å². The summed E-state index contributed by atoms with van der Waals surface area (Å²) in [7, 11) is 0. The van der Waals surface area contributed by atoms with Crippen molar-refractivity contribution in [2.45, 2.75) is 51.2 Å². The molecule has 3 N–H and O–H groups in total. The molecule has 2 saturated heterocycles. The minimum atomic E-state index is -0.244. The zero-order chi connectivity index (χ0) is 22.7. The molecule has 2 aliphatic rings. The van der Waals surface area contributed by atoms with Crippen LogP contribution in [0.25, 0.3) is 0 Å². The molecule has 2 fully saturated rings. The third kappa shape index (κ3) is 4.82. The molecule has 4 rings (SSSR count). The maximum absolute atomic E-state index is 13.0. The first kappa shape index (κ1) is 22.0. The van der Waals surface area contributed by atoms with Crippen molar-refractivity contribution in [3.63, 3.8) is 0 Å². The first-order valence-electron chi connectivity index (χ1n) is 11.1. The van der Waals surface area contributed by atoms with E-state index >= 15 is 0 Å². The number of aryl methyl sites for hydroxylation is 2. The van der Waals surface area contributed by atoms with Gasteiger partial charge in [0.2, 0.25) is 5.91 Å². The normalized spacial score (nSPS) is 21.2. The molecule has 2 atom stereocenters. The fourth-order valence-electron chi connectivity index (χ4n) is 4.35. The molecule has 2 aromatic carbocycles. The Bertz CT molecular complexity index is 1040. The first-order valence-corrected chi connectivity index (χ1v) is 11.1. The van der Waals surface area contributed by atoms with E-state index in [0.29, 0.717) is 24.2 Å². The number of benzene rings is 2. The Hall–Kier alpha value is -3.21. The first-order chi connectivity index (χ1) is 15.4.